The summed E-state index contributed by atoms with van der Waals surface area (Å²) in [7, 11) is 1.42. The summed E-state index contributed by atoms with van der Waals surface area (Å²) in [4.78, 5) is 10.8. The van der Waals surface area contributed by atoms with Crippen molar-refractivity contribution in [1.29, 1.82) is 0 Å². The third kappa shape index (κ3) is 2.79. The van der Waals surface area contributed by atoms with Crippen molar-refractivity contribution < 1.29 is 19.0 Å². The van der Waals surface area contributed by atoms with Crippen LogP contribution in [0.4, 0.5) is 4.39 Å². The zero-order chi connectivity index (χ0) is 13.1. The normalized spacial score (nSPS) is 23.0. The maximum Gasteiger partial charge on any atom is 0.320 e. The largest absolute Gasteiger partial charge is 0.494 e. The van der Waals surface area contributed by atoms with Gasteiger partial charge in [-0.25, -0.2) is 4.39 Å². The molecule has 5 heteroatoms. The van der Waals surface area contributed by atoms with Gasteiger partial charge in [-0.3, -0.25) is 4.79 Å². The molecule has 0 aliphatic carbocycles. The van der Waals surface area contributed by atoms with Crippen LogP contribution in [0.3, 0.4) is 0 Å². The van der Waals surface area contributed by atoms with E-state index in [9.17, 15) is 9.18 Å². The van der Waals surface area contributed by atoms with Crippen LogP contribution in [0.2, 0.25) is 0 Å². The average Bonchev–Trinajstić information content (AvgIpc) is 2.78. The lowest BCUT2D eigenvalue weighted by Gasteiger charge is -2.12. The van der Waals surface area contributed by atoms with Crippen LogP contribution in [0.15, 0.2) is 18.2 Å². The summed E-state index contributed by atoms with van der Waals surface area (Å²) in [6, 6.07) is 4.46. The molecule has 1 aromatic rings. The topological polar surface area (TPSA) is 58.6 Å². The molecule has 0 radical (unpaired) electrons. The van der Waals surface area contributed by atoms with E-state index >= 15 is 0 Å². The Balaban J connectivity index is 1.98. The van der Waals surface area contributed by atoms with Gasteiger partial charge in [0, 0.05) is 6.04 Å². The first kappa shape index (κ1) is 12.8. The van der Waals surface area contributed by atoms with Gasteiger partial charge >= 0.3 is 5.97 Å². The smallest absolute Gasteiger partial charge is 0.320 e. The molecule has 2 unspecified atom stereocenters. The number of ether oxygens (including phenoxy) is 1. The van der Waals surface area contributed by atoms with E-state index in [4.69, 9.17) is 9.84 Å². The zero-order valence-electron chi connectivity index (χ0n) is 10.1. The molecule has 1 aromatic carbocycles. The van der Waals surface area contributed by atoms with Gasteiger partial charge in [0.1, 0.15) is 6.04 Å². The minimum atomic E-state index is -0.821. The van der Waals surface area contributed by atoms with Gasteiger partial charge in [0.25, 0.3) is 0 Å². The van der Waals surface area contributed by atoms with Crippen molar-refractivity contribution in [2.75, 3.05) is 7.11 Å². The fourth-order valence-electron chi connectivity index (χ4n) is 2.30. The predicted octanol–water partition coefficient (Wildman–Crippen LogP) is 1.58. The highest BCUT2D eigenvalue weighted by Crippen LogP contribution is 2.21. The maximum absolute atomic E-state index is 13.5. The lowest BCUT2D eigenvalue weighted by atomic mass is 10.0. The van der Waals surface area contributed by atoms with Crippen LogP contribution in [-0.4, -0.2) is 30.3 Å². The molecule has 0 spiro atoms. The van der Waals surface area contributed by atoms with Crippen molar-refractivity contribution in [2.24, 2.45) is 0 Å². The molecule has 2 N–H and O–H groups in total. The zero-order valence-corrected chi connectivity index (χ0v) is 10.1. The van der Waals surface area contributed by atoms with Crippen molar-refractivity contribution in [3.05, 3.63) is 29.6 Å². The number of carbonyl (C=O) groups is 1. The van der Waals surface area contributed by atoms with Gasteiger partial charge in [0.05, 0.1) is 7.11 Å². The van der Waals surface area contributed by atoms with Crippen molar-refractivity contribution in [2.45, 2.75) is 31.3 Å². The Kier molecular flexibility index (Phi) is 3.81. The summed E-state index contributed by atoms with van der Waals surface area (Å²) in [5.74, 6) is -0.984. The molecule has 1 saturated heterocycles. The number of halogens is 1. The fraction of sp³-hybridized carbons (Fsp3) is 0.462. The monoisotopic (exact) mass is 253 g/mol. The minimum absolute atomic E-state index is 0.0962. The molecule has 1 fully saturated rings. The van der Waals surface area contributed by atoms with Gasteiger partial charge in [-0.15, -0.1) is 0 Å². The number of hydrogen-bond donors (Lipinski definition) is 2. The number of hydrogen-bond acceptors (Lipinski definition) is 3. The maximum atomic E-state index is 13.5. The van der Waals surface area contributed by atoms with E-state index in [2.05, 4.69) is 5.32 Å². The number of rotatable bonds is 4. The SMILES string of the molecule is COc1ccc(CC2CCC(C(=O)O)N2)cc1F. The van der Waals surface area contributed by atoms with Crippen molar-refractivity contribution >= 4 is 5.97 Å². The Hall–Kier alpha value is -1.62. The van der Waals surface area contributed by atoms with Crippen LogP contribution in [0.25, 0.3) is 0 Å². The number of methoxy groups -OCH3 is 1. The summed E-state index contributed by atoms with van der Waals surface area (Å²) in [5, 5.41) is 11.9. The van der Waals surface area contributed by atoms with Crippen LogP contribution >= 0.6 is 0 Å². The second-order valence-electron chi connectivity index (χ2n) is 4.50. The van der Waals surface area contributed by atoms with E-state index in [0.29, 0.717) is 12.8 Å². The van der Waals surface area contributed by atoms with Gasteiger partial charge in [0.2, 0.25) is 0 Å². The highest BCUT2D eigenvalue weighted by atomic mass is 19.1. The summed E-state index contributed by atoms with van der Waals surface area (Å²) in [6.45, 7) is 0. The van der Waals surface area contributed by atoms with Crippen LogP contribution in [0.5, 0.6) is 5.75 Å². The first-order valence-corrected chi connectivity index (χ1v) is 5.91. The summed E-state index contributed by atoms with van der Waals surface area (Å²) >= 11 is 0. The van der Waals surface area contributed by atoms with Crippen LogP contribution < -0.4 is 10.1 Å². The fourth-order valence-corrected chi connectivity index (χ4v) is 2.30. The Morgan fingerprint density at radius 3 is 2.89 bits per heavy atom. The number of carboxylic acid groups (broad SMARTS) is 1. The molecule has 1 aliphatic rings. The molecule has 1 aliphatic heterocycles. The molecule has 2 rings (SSSR count). The number of carboxylic acids is 1. The Bertz CT molecular complexity index is 450. The molecule has 2 atom stereocenters. The van der Waals surface area contributed by atoms with Crippen LogP contribution in [-0.2, 0) is 11.2 Å². The second kappa shape index (κ2) is 5.35. The third-order valence-corrected chi connectivity index (χ3v) is 3.24. The van der Waals surface area contributed by atoms with Gasteiger partial charge < -0.3 is 15.2 Å². The lowest BCUT2D eigenvalue weighted by molar-refractivity contribution is -0.139. The van der Waals surface area contributed by atoms with Crippen molar-refractivity contribution in [1.82, 2.24) is 5.32 Å². The number of nitrogens with one attached hydrogen (secondary N) is 1. The van der Waals surface area contributed by atoms with Crippen LogP contribution in [0, 0.1) is 5.82 Å². The van der Waals surface area contributed by atoms with Gasteiger partial charge in [0.15, 0.2) is 11.6 Å². The molecule has 1 heterocycles. The lowest BCUT2D eigenvalue weighted by Crippen LogP contribution is -2.36. The molecule has 0 aromatic heterocycles. The molecule has 98 valence electrons. The number of aliphatic carboxylic acids is 1. The summed E-state index contributed by atoms with van der Waals surface area (Å²) in [5.41, 5.74) is 0.844. The van der Waals surface area contributed by atoms with Gasteiger partial charge in [-0.1, -0.05) is 6.07 Å². The van der Waals surface area contributed by atoms with E-state index in [0.717, 1.165) is 12.0 Å². The standard InChI is InChI=1S/C13H16FNO3/c1-18-12-5-2-8(7-10(12)14)6-9-3-4-11(15-9)13(16)17/h2,5,7,9,11,15H,3-4,6H2,1H3,(H,16,17). The molecule has 4 nitrogen and oxygen atoms in total. The van der Waals surface area contributed by atoms with Crippen LogP contribution in [0.1, 0.15) is 18.4 Å². The molecular formula is C13H16FNO3. The third-order valence-electron chi connectivity index (χ3n) is 3.24. The average molecular weight is 253 g/mol. The molecular weight excluding hydrogens is 237 g/mol. The first-order valence-electron chi connectivity index (χ1n) is 5.91. The molecule has 18 heavy (non-hydrogen) atoms. The Morgan fingerprint density at radius 1 is 1.56 bits per heavy atom. The predicted molar refractivity (Wildman–Crippen MR) is 64.2 cm³/mol. The Labute approximate surface area is 105 Å². The van der Waals surface area contributed by atoms with Gasteiger partial charge in [-0.05, 0) is 37.0 Å². The molecule has 0 bridgehead atoms. The summed E-state index contributed by atoms with van der Waals surface area (Å²) < 4.78 is 18.3. The van der Waals surface area contributed by atoms with Crippen molar-refractivity contribution in [3.8, 4) is 5.75 Å². The second-order valence-corrected chi connectivity index (χ2v) is 4.50. The quantitative estimate of drug-likeness (QED) is 0.855. The van der Waals surface area contributed by atoms with E-state index in [1.165, 1.54) is 13.2 Å². The molecule has 0 saturated carbocycles. The van der Waals surface area contributed by atoms with E-state index in [-0.39, 0.29) is 17.6 Å². The number of benzene rings is 1. The molecule has 0 amide bonds. The van der Waals surface area contributed by atoms with Gasteiger partial charge in [-0.2, -0.15) is 0 Å². The van der Waals surface area contributed by atoms with E-state index < -0.39 is 12.0 Å². The highest BCUT2D eigenvalue weighted by molar-refractivity contribution is 5.73. The minimum Gasteiger partial charge on any atom is -0.494 e. The first-order chi connectivity index (χ1) is 8.60. The van der Waals surface area contributed by atoms with Crippen molar-refractivity contribution in [3.63, 3.8) is 0 Å². The van der Waals surface area contributed by atoms with E-state index in [1.54, 1.807) is 12.1 Å². The Morgan fingerprint density at radius 2 is 2.33 bits per heavy atom. The highest BCUT2D eigenvalue weighted by Gasteiger charge is 2.28. The summed E-state index contributed by atoms with van der Waals surface area (Å²) in [6.07, 6.45) is 2.05. The van der Waals surface area contributed by atoms with E-state index in [1.807, 2.05) is 0 Å².